The van der Waals surface area contributed by atoms with Gasteiger partial charge in [0.2, 0.25) is 0 Å². The minimum Gasteiger partial charge on any atom is -0.475 e. The first-order valence-corrected chi connectivity index (χ1v) is 9.65. The van der Waals surface area contributed by atoms with Crippen molar-refractivity contribution < 1.29 is 23.1 Å². The number of hydrogen-bond acceptors (Lipinski definition) is 4. The van der Waals surface area contributed by atoms with Gasteiger partial charge in [0.25, 0.3) is 0 Å². The van der Waals surface area contributed by atoms with Gasteiger partial charge in [-0.15, -0.1) is 0 Å². The molecule has 0 aliphatic rings. The summed E-state index contributed by atoms with van der Waals surface area (Å²) in [6.07, 6.45) is -1.52. The summed E-state index contributed by atoms with van der Waals surface area (Å²) in [5.74, 6) is -2.76. The van der Waals surface area contributed by atoms with Crippen molar-refractivity contribution in [2.24, 2.45) is 7.05 Å². The lowest BCUT2D eigenvalue weighted by atomic mass is 10.1. The first-order valence-electron chi connectivity index (χ1n) is 9.65. The van der Waals surface area contributed by atoms with E-state index in [4.69, 9.17) is 9.90 Å². The molecule has 0 saturated heterocycles. The van der Waals surface area contributed by atoms with E-state index in [0.717, 1.165) is 30.0 Å². The van der Waals surface area contributed by atoms with Crippen LogP contribution >= 0.6 is 0 Å². The number of rotatable bonds is 5. The number of H-pyrrole nitrogens is 1. The Hall–Kier alpha value is -3.66. The molecular formula is C22H22F3N5O2. The third-order valence-corrected chi connectivity index (χ3v) is 4.84. The first kappa shape index (κ1) is 23.0. The number of aromatic amines is 1. The zero-order chi connectivity index (χ0) is 23.3. The lowest BCUT2D eigenvalue weighted by Crippen LogP contribution is -2.21. The number of hydrogen-bond donors (Lipinski definition) is 3. The highest BCUT2D eigenvalue weighted by Gasteiger charge is 2.38. The van der Waals surface area contributed by atoms with E-state index in [1.807, 2.05) is 12.1 Å². The number of nitrogens with one attached hydrogen (secondary N) is 2. The molecule has 0 unspecified atom stereocenters. The molecule has 0 radical (unpaired) electrons. The van der Waals surface area contributed by atoms with Crippen LogP contribution in [0, 0.1) is 6.92 Å². The summed E-state index contributed by atoms with van der Waals surface area (Å²) < 4.78 is 34.0. The maximum atomic E-state index is 10.6. The lowest BCUT2D eigenvalue weighted by Gasteiger charge is -2.04. The highest BCUT2D eigenvalue weighted by Crippen LogP contribution is 2.20. The Bertz CT molecular complexity index is 1200. The fraction of sp³-hybridized carbons (Fsp3) is 0.227. The summed E-state index contributed by atoms with van der Waals surface area (Å²) in [6.45, 7) is 3.72. The SMILES string of the molecule is Cc1cc2cc(CNCc3cc(-c4ccncc4)n[nH]3)ccc2n1C.O=C(O)C(F)(F)F. The zero-order valence-electron chi connectivity index (χ0n) is 17.4. The number of carboxylic acids is 1. The number of fused-ring (bicyclic) bond motifs is 1. The number of aromatic nitrogens is 4. The third-order valence-electron chi connectivity index (χ3n) is 4.84. The molecule has 0 bridgehead atoms. The molecule has 3 heterocycles. The van der Waals surface area contributed by atoms with E-state index in [-0.39, 0.29) is 0 Å². The van der Waals surface area contributed by atoms with E-state index in [2.05, 4.69) is 69.4 Å². The van der Waals surface area contributed by atoms with Gasteiger partial charge in [0.15, 0.2) is 0 Å². The van der Waals surface area contributed by atoms with Gasteiger partial charge in [-0.05, 0) is 48.9 Å². The molecule has 0 aliphatic carbocycles. The van der Waals surface area contributed by atoms with Crippen molar-refractivity contribution in [3.05, 3.63) is 71.8 Å². The van der Waals surface area contributed by atoms with Gasteiger partial charge in [-0.2, -0.15) is 18.3 Å². The molecule has 4 aromatic rings. The minimum atomic E-state index is -5.08. The molecule has 0 saturated carbocycles. The van der Waals surface area contributed by atoms with Crippen molar-refractivity contribution in [3.63, 3.8) is 0 Å². The van der Waals surface area contributed by atoms with Crippen LogP contribution in [0.15, 0.2) is 54.9 Å². The number of carbonyl (C=O) groups is 1. The lowest BCUT2D eigenvalue weighted by molar-refractivity contribution is -0.192. The van der Waals surface area contributed by atoms with Crippen LogP contribution in [0.25, 0.3) is 22.2 Å². The first-order chi connectivity index (χ1) is 15.1. The number of nitrogens with zero attached hydrogens (tertiary/aromatic N) is 3. The third kappa shape index (κ3) is 5.73. The predicted octanol–water partition coefficient (Wildman–Crippen LogP) is 4.19. The summed E-state index contributed by atoms with van der Waals surface area (Å²) in [7, 11) is 2.11. The maximum Gasteiger partial charge on any atom is 0.490 e. The second-order valence-electron chi connectivity index (χ2n) is 7.16. The molecule has 4 rings (SSSR count). The molecule has 1 aromatic carbocycles. The largest absolute Gasteiger partial charge is 0.490 e. The van der Waals surface area contributed by atoms with Crippen molar-refractivity contribution >= 4 is 16.9 Å². The van der Waals surface area contributed by atoms with Crippen LogP contribution < -0.4 is 5.32 Å². The second-order valence-corrected chi connectivity index (χ2v) is 7.16. The van der Waals surface area contributed by atoms with Gasteiger partial charge < -0.3 is 15.0 Å². The van der Waals surface area contributed by atoms with Crippen LogP contribution in [0.3, 0.4) is 0 Å². The van der Waals surface area contributed by atoms with Gasteiger partial charge in [0, 0.05) is 60.4 Å². The normalized spacial score (nSPS) is 11.3. The minimum absolute atomic E-state index is 0.754. The van der Waals surface area contributed by atoms with Gasteiger partial charge in [0.1, 0.15) is 0 Å². The molecule has 32 heavy (non-hydrogen) atoms. The summed E-state index contributed by atoms with van der Waals surface area (Å²) in [5.41, 5.74) is 6.93. The molecular weight excluding hydrogens is 423 g/mol. The van der Waals surface area contributed by atoms with Crippen LogP contribution in [0.2, 0.25) is 0 Å². The van der Waals surface area contributed by atoms with E-state index in [9.17, 15) is 13.2 Å². The van der Waals surface area contributed by atoms with E-state index >= 15 is 0 Å². The number of carboxylic acid groups (broad SMARTS) is 1. The van der Waals surface area contributed by atoms with E-state index < -0.39 is 12.1 Å². The summed E-state index contributed by atoms with van der Waals surface area (Å²) in [4.78, 5) is 12.9. The summed E-state index contributed by atoms with van der Waals surface area (Å²) >= 11 is 0. The molecule has 3 aromatic heterocycles. The van der Waals surface area contributed by atoms with Crippen molar-refractivity contribution in [2.45, 2.75) is 26.2 Å². The fourth-order valence-corrected chi connectivity index (χ4v) is 3.11. The number of benzene rings is 1. The zero-order valence-corrected chi connectivity index (χ0v) is 17.4. The smallest absolute Gasteiger partial charge is 0.475 e. The number of aliphatic carboxylic acids is 1. The van der Waals surface area contributed by atoms with Gasteiger partial charge in [-0.25, -0.2) is 4.79 Å². The highest BCUT2D eigenvalue weighted by molar-refractivity contribution is 5.82. The van der Waals surface area contributed by atoms with Crippen LogP contribution in [0.5, 0.6) is 0 Å². The quantitative estimate of drug-likeness (QED) is 0.428. The fourth-order valence-electron chi connectivity index (χ4n) is 3.11. The number of halogens is 3. The average molecular weight is 445 g/mol. The molecule has 0 fully saturated rings. The molecule has 3 N–H and O–H groups in total. The Morgan fingerprint density at radius 1 is 1.12 bits per heavy atom. The Kier molecular flexibility index (Phi) is 6.94. The number of pyridine rings is 1. The standard InChI is InChI=1S/C20H21N5.C2HF3O2/c1-14-9-17-10-15(3-4-20(17)25(14)2)12-22-13-18-11-19(24-23-18)16-5-7-21-8-6-16;3-2(4,5)1(6)7/h3-11,22H,12-13H2,1-2H3,(H,23,24);(H,6,7). The predicted molar refractivity (Wildman–Crippen MR) is 114 cm³/mol. The molecule has 0 atom stereocenters. The number of aryl methyl sites for hydroxylation is 2. The highest BCUT2D eigenvalue weighted by atomic mass is 19.4. The topological polar surface area (TPSA) is 95.8 Å². The molecule has 7 nitrogen and oxygen atoms in total. The van der Waals surface area contributed by atoms with E-state index in [0.29, 0.717) is 0 Å². The summed E-state index contributed by atoms with van der Waals surface area (Å²) in [5, 5.41) is 19.4. The van der Waals surface area contributed by atoms with Crippen molar-refractivity contribution in [1.29, 1.82) is 0 Å². The summed E-state index contributed by atoms with van der Waals surface area (Å²) in [6, 6.07) is 14.9. The van der Waals surface area contributed by atoms with Crippen molar-refractivity contribution in [1.82, 2.24) is 25.1 Å². The second kappa shape index (κ2) is 9.65. The Balaban J connectivity index is 0.000000360. The van der Waals surface area contributed by atoms with Gasteiger partial charge in [-0.1, -0.05) is 6.07 Å². The molecule has 0 spiro atoms. The van der Waals surface area contributed by atoms with Gasteiger partial charge in [0.05, 0.1) is 5.69 Å². The van der Waals surface area contributed by atoms with Crippen LogP contribution in [0.1, 0.15) is 17.0 Å². The number of alkyl halides is 3. The monoisotopic (exact) mass is 445 g/mol. The van der Waals surface area contributed by atoms with E-state index in [1.54, 1.807) is 12.4 Å². The Morgan fingerprint density at radius 2 is 1.81 bits per heavy atom. The van der Waals surface area contributed by atoms with Crippen LogP contribution in [-0.4, -0.2) is 37.0 Å². The molecule has 0 amide bonds. The van der Waals surface area contributed by atoms with Crippen LogP contribution in [-0.2, 0) is 24.9 Å². The molecule has 0 aliphatic heterocycles. The molecule has 10 heteroatoms. The van der Waals surface area contributed by atoms with E-state index in [1.165, 1.54) is 22.2 Å². The van der Waals surface area contributed by atoms with Crippen LogP contribution in [0.4, 0.5) is 13.2 Å². The maximum absolute atomic E-state index is 10.6. The Morgan fingerprint density at radius 3 is 2.47 bits per heavy atom. The average Bonchev–Trinajstić information content (AvgIpc) is 3.33. The van der Waals surface area contributed by atoms with Gasteiger partial charge >= 0.3 is 12.1 Å². The Labute approximate surface area is 181 Å². The van der Waals surface area contributed by atoms with Crippen molar-refractivity contribution in [2.75, 3.05) is 0 Å². The van der Waals surface area contributed by atoms with Gasteiger partial charge in [-0.3, -0.25) is 10.1 Å². The van der Waals surface area contributed by atoms with Crippen molar-refractivity contribution in [3.8, 4) is 11.3 Å². The molecule has 168 valence electrons.